The Balaban J connectivity index is -0.000000375. The molecule has 1 saturated heterocycles. The molecule has 0 aromatic heterocycles. The molecule has 1 atom stereocenters. The van der Waals surface area contributed by atoms with Crippen molar-refractivity contribution in [3.05, 3.63) is 0 Å². The van der Waals surface area contributed by atoms with Crippen LogP contribution in [0.2, 0.25) is 0 Å². The van der Waals surface area contributed by atoms with Gasteiger partial charge in [-0.3, -0.25) is 4.90 Å². The van der Waals surface area contributed by atoms with Gasteiger partial charge in [-0.2, -0.15) is 0 Å². The van der Waals surface area contributed by atoms with Crippen LogP contribution in [0.25, 0.3) is 0 Å². The van der Waals surface area contributed by atoms with Gasteiger partial charge in [-0.05, 0) is 19.4 Å². The van der Waals surface area contributed by atoms with Gasteiger partial charge in [0.15, 0.2) is 0 Å². The summed E-state index contributed by atoms with van der Waals surface area (Å²) in [6, 6.07) is -0.277. The molecule has 1 fully saturated rings. The minimum Gasteiger partial charge on any atom is -0.379 e. The summed E-state index contributed by atoms with van der Waals surface area (Å²) in [5, 5.41) is 0. The van der Waals surface area contributed by atoms with Crippen molar-refractivity contribution >= 4 is 6.29 Å². The Morgan fingerprint density at radius 2 is 1.58 bits per heavy atom. The van der Waals surface area contributed by atoms with E-state index in [9.17, 15) is 4.79 Å². The Bertz CT molecular complexity index is 149. The second kappa shape index (κ2) is 22.7. The molecule has 118 valence electrons. The number of ether oxygens (including phenoxy) is 1. The normalized spacial score (nSPS) is 15.5. The predicted octanol–water partition coefficient (Wildman–Crippen LogP) is 2.70. The summed E-state index contributed by atoms with van der Waals surface area (Å²) in [7, 11) is 0. The summed E-state index contributed by atoms with van der Waals surface area (Å²) >= 11 is 0. The first-order valence-electron chi connectivity index (χ1n) is 7.84. The van der Waals surface area contributed by atoms with Crippen LogP contribution in [-0.4, -0.2) is 50.1 Å². The molecule has 4 nitrogen and oxygen atoms in total. The highest BCUT2D eigenvalue weighted by atomic mass is 16.5. The average molecular weight is 276 g/mol. The lowest BCUT2D eigenvalue weighted by atomic mass is 10.2. The SMILES string of the molecule is CC.CC.CC.NC(C=O)CCCN1CCOCC1. The summed E-state index contributed by atoms with van der Waals surface area (Å²) < 4.78 is 5.23. The molecule has 0 aliphatic carbocycles. The topological polar surface area (TPSA) is 55.6 Å². The Kier molecular flexibility index (Phi) is 28.2. The first-order chi connectivity index (χ1) is 9.33. The predicted molar refractivity (Wildman–Crippen MR) is 84.6 cm³/mol. The van der Waals surface area contributed by atoms with E-state index in [2.05, 4.69) is 4.90 Å². The molecule has 19 heavy (non-hydrogen) atoms. The third-order valence-corrected chi connectivity index (χ3v) is 2.29. The standard InChI is InChI=1S/C9H18N2O2.3C2H6/c10-9(8-12)2-1-3-11-4-6-13-7-5-11;3*1-2/h8-9H,1-7,10H2;3*1-2H3. The average Bonchev–Trinajstić information content (AvgIpc) is 2.54. The highest BCUT2D eigenvalue weighted by Gasteiger charge is 2.09. The largest absolute Gasteiger partial charge is 0.379 e. The Morgan fingerprint density at radius 3 is 2.00 bits per heavy atom. The van der Waals surface area contributed by atoms with Crippen molar-refractivity contribution in [3.63, 3.8) is 0 Å². The zero-order chi connectivity index (χ0) is 15.5. The van der Waals surface area contributed by atoms with Gasteiger partial charge >= 0.3 is 0 Å². The fourth-order valence-electron chi connectivity index (χ4n) is 1.44. The molecular formula is C15H36N2O2. The number of hydrogen-bond donors (Lipinski definition) is 1. The molecule has 0 saturated carbocycles. The third-order valence-electron chi connectivity index (χ3n) is 2.29. The number of aldehydes is 1. The molecule has 1 heterocycles. The lowest BCUT2D eigenvalue weighted by Gasteiger charge is -2.26. The van der Waals surface area contributed by atoms with E-state index in [1.54, 1.807) is 0 Å². The fourth-order valence-corrected chi connectivity index (χ4v) is 1.44. The van der Waals surface area contributed by atoms with Crippen molar-refractivity contribution < 1.29 is 9.53 Å². The summed E-state index contributed by atoms with van der Waals surface area (Å²) in [5.74, 6) is 0. The van der Waals surface area contributed by atoms with Gasteiger partial charge in [-0.1, -0.05) is 41.5 Å². The van der Waals surface area contributed by atoms with Crippen LogP contribution in [-0.2, 0) is 9.53 Å². The Morgan fingerprint density at radius 1 is 1.11 bits per heavy atom. The van der Waals surface area contributed by atoms with E-state index in [1.807, 2.05) is 41.5 Å². The van der Waals surface area contributed by atoms with Gasteiger partial charge in [0.25, 0.3) is 0 Å². The first kappa shape index (κ1) is 23.6. The van der Waals surface area contributed by atoms with Crippen molar-refractivity contribution in [2.75, 3.05) is 32.8 Å². The second-order valence-electron chi connectivity index (χ2n) is 3.40. The number of carbonyl (C=O) groups excluding carboxylic acids is 1. The molecule has 0 aromatic rings. The molecule has 0 bridgehead atoms. The van der Waals surface area contributed by atoms with Crippen LogP contribution in [0.1, 0.15) is 54.4 Å². The maximum absolute atomic E-state index is 10.2. The minimum atomic E-state index is -0.277. The Labute approximate surface area is 120 Å². The van der Waals surface area contributed by atoms with Crippen molar-refractivity contribution in [2.45, 2.75) is 60.4 Å². The number of nitrogens with zero attached hydrogens (tertiary/aromatic N) is 1. The van der Waals surface area contributed by atoms with Gasteiger partial charge in [-0.25, -0.2) is 0 Å². The molecule has 2 N–H and O–H groups in total. The van der Waals surface area contributed by atoms with Gasteiger partial charge in [0, 0.05) is 13.1 Å². The highest BCUT2D eigenvalue weighted by Crippen LogP contribution is 2.00. The van der Waals surface area contributed by atoms with Crippen LogP contribution < -0.4 is 5.73 Å². The van der Waals surface area contributed by atoms with Crippen LogP contribution in [0.3, 0.4) is 0 Å². The second-order valence-corrected chi connectivity index (χ2v) is 3.40. The van der Waals surface area contributed by atoms with Crippen molar-refractivity contribution in [2.24, 2.45) is 5.73 Å². The minimum absolute atomic E-state index is 0.277. The molecule has 1 aliphatic rings. The van der Waals surface area contributed by atoms with E-state index in [0.29, 0.717) is 0 Å². The number of morpholine rings is 1. The van der Waals surface area contributed by atoms with E-state index < -0.39 is 0 Å². The van der Waals surface area contributed by atoms with Crippen LogP contribution in [0.4, 0.5) is 0 Å². The number of hydrogen-bond acceptors (Lipinski definition) is 4. The molecule has 0 aromatic carbocycles. The van der Waals surface area contributed by atoms with Crippen molar-refractivity contribution in [1.82, 2.24) is 4.90 Å². The summed E-state index contributed by atoms with van der Waals surface area (Å²) in [5.41, 5.74) is 5.48. The summed E-state index contributed by atoms with van der Waals surface area (Å²) in [4.78, 5) is 12.6. The molecular weight excluding hydrogens is 240 g/mol. The monoisotopic (exact) mass is 276 g/mol. The van der Waals surface area contributed by atoms with E-state index in [0.717, 1.165) is 52.0 Å². The number of carbonyl (C=O) groups is 1. The molecule has 0 radical (unpaired) electrons. The first-order valence-corrected chi connectivity index (χ1v) is 7.84. The number of rotatable bonds is 5. The lowest BCUT2D eigenvalue weighted by Crippen LogP contribution is -2.37. The molecule has 1 rings (SSSR count). The van der Waals surface area contributed by atoms with Crippen LogP contribution in [0, 0.1) is 0 Å². The van der Waals surface area contributed by atoms with Gasteiger partial charge < -0.3 is 15.3 Å². The van der Waals surface area contributed by atoms with Gasteiger partial charge in [0.1, 0.15) is 6.29 Å². The van der Waals surface area contributed by atoms with Gasteiger partial charge in [0.05, 0.1) is 19.3 Å². The van der Waals surface area contributed by atoms with E-state index in [1.165, 1.54) is 0 Å². The van der Waals surface area contributed by atoms with Crippen LogP contribution in [0.15, 0.2) is 0 Å². The van der Waals surface area contributed by atoms with Gasteiger partial charge in [-0.15, -0.1) is 0 Å². The van der Waals surface area contributed by atoms with E-state index in [4.69, 9.17) is 10.5 Å². The van der Waals surface area contributed by atoms with Crippen LogP contribution >= 0.6 is 0 Å². The molecule has 4 heteroatoms. The molecule has 1 aliphatic heterocycles. The van der Waals surface area contributed by atoms with Gasteiger partial charge in [0.2, 0.25) is 0 Å². The maximum atomic E-state index is 10.2. The third kappa shape index (κ3) is 17.6. The summed E-state index contributed by atoms with van der Waals surface area (Å²) in [6.45, 7) is 16.7. The zero-order valence-electron chi connectivity index (χ0n) is 13.9. The summed E-state index contributed by atoms with van der Waals surface area (Å²) in [6.07, 6.45) is 2.61. The van der Waals surface area contributed by atoms with E-state index in [-0.39, 0.29) is 6.04 Å². The number of nitrogens with two attached hydrogens (primary N) is 1. The van der Waals surface area contributed by atoms with Crippen molar-refractivity contribution in [1.29, 1.82) is 0 Å². The molecule has 0 amide bonds. The quantitative estimate of drug-likeness (QED) is 0.784. The maximum Gasteiger partial charge on any atom is 0.136 e. The smallest absolute Gasteiger partial charge is 0.136 e. The zero-order valence-corrected chi connectivity index (χ0v) is 13.9. The molecule has 0 spiro atoms. The fraction of sp³-hybridized carbons (Fsp3) is 0.933. The van der Waals surface area contributed by atoms with Crippen molar-refractivity contribution in [3.8, 4) is 0 Å². The Hall–Kier alpha value is -0.450. The lowest BCUT2D eigenvalue weighted by molar-refractivity contribution is -0.109. The molecule has 1 unspecified atom stereocenters. The van der Waals surface area contributed by atoms with Crippen LogP contribution in [0.5, 0.6) is 0 Å². The highest BCUT2D eigenvalue weighted by molar-refractivity contribution is 5.56. The van der Waals surface area contributed by atoms with E-state index >= 15 is 0 Å².